The number of carbonyl (C=O) groups is 1. The maximum Gasteiger partial charge on any atom is 0.325 e. The summed E-state index contributed by atoms with van der Waals surface area (Å²) >= 11 is 0. The second kappa shape index (κ2) is 7.97. The molecular weight excluding hydrogens is 336 g/mol. The first-order valence-corrected chi connectivity index (χ1v) is 9.77. The van der Waals surface area contributed by atoms with Gasteiger partial charge in [0.2, 0.25) is 0 Å². The lowest BCUT2D eigenvalue weighted by atomic mass is 10.0. The molecule has 0 aliphatic carbocycles. The average molecular weight is 362 g/mol. The van der Waals surface area contributed by atoms with Crippen LogP contribution in [0.3, 0.4) is 0 Å². The Labute approximate surface area is 160 Å². The monoisotopic (exact) mass is 362 g/mol. The predicted octanol–water partition coefficient (Wildman–Crippen LogP) is 3.81. The van der Waals surface area contributed by atoms with Crippen molar-refractivity contribution in [1.29, 1.82) is 0 Å². The van der Waals surface area contributed by atoms with Crippen molar-refractivity contribution in [3.05, 3.63) is 71.4 Å². The van der Waals surface area contributed by atoms with Crippen LogP contribution in [0.2, 0.25) is 0 Å². The van der Waals surface area contributed by atoms with Crippen molar-refractivity contribution < 1.29 is 9.53 Å². The molecule has 4 heteroatoms. The number of aromatic nitrogens is 1. The van der Waals surface area contributed by atoms with Crippen molar-refractivity contribution in [1.82, 2.24) is 9.47 Å². The molecule has 0 radical (unpaired) electrons. The Morgan fingerprint density at radius 1 is 1.07 bits per heavy atom. The Morgan fingerprint density at radius 3 is 2.67 bits per heavy atom. The van der Waals surface area contributed by atoms with E-state index in [1.165, 1.54) is 22.2 Å². The number of esters is 1. The second-order valence-corrected chi connectivity index (χ2v) is 7.10. The Balaban J connectivity index is 1.57. The number of nitrogens with zero attached hydrogens (tertiary/aromatic N) is 2. The molecular formula is C23H26N2O2. The lowest BCUT2D eigenvalue weighted by Crippen LogP contribution is -2.33. The smallest absolute Gasteiger partial charge is 0.325 e. The molecule has 27 heavy (non-hydrogen) atoms. The molecule has 2 heterocycles. The van der Waals surface area contributed by atoms with E-state index in [1.54, 1.807) is 0 Å². The third-order valence-electron chi connectivity index (χ3n) is 5.39. The number of hydrogen-bond donors (Lipinski definition) is 0. The van der Waals surface area contributed by atoms with Crippen LogP contribution in [0.15, 0.2) is 54.6 Å². The van der Waals surface area contributed by atoms with Crippen LogP contribution in [0.25, 0.3) is 10.9 Å². The summed E-state index contributed by atoms with van der Waals surface area (Å²) in [6.45, 7) is 5.60. The van der Waals surface area contributed by atoms with Crippen LogP contribution in [0.1, 0.15) is 23.7 Å². The minimum atomic E-state index is -0.160. The fourth-order valence-corrected chi connectivity index (χ4v) is 4.10. The Kier molecular flexibility index (Phi) is 5.26. The number of carbonyl (C=O) groups excluding carboxylic acids is 1. The zero-order valence-corrected chi connectivity index (χ0v) is 15.9. The maximum atomic E-state index is 12.1. The minimum Gasteiger partial charge on any atom is -0.465 e. The predicted molar refractivity (Wildman–Crippen MR) is 108 cm³/mol. The van der Waals surface area contributed by atoms with Gasteiger partial charge in [-0.15, -0.1) is 0 Å². The molecule has 2 aromatic carbocycles. The van der Waals surface area contributed by atoms with Gasteiger partial charge >= 0.3 is 5.97 Å². The Bertz CT molecular complexity index is 930. The molecule has 0 atom stereocenters. The highest BCUT2D eigenvalue weighted by atomic mass is 16.5. The Morgan fingerprint density at radius 2 is 1.85 bits per heavy atom. The quantitative estimate of drug-likeness (QED) is 0.626. The van der Waals surface area contributed by atoms with Crippen molar-refractivity contribution >= 4 is 16.9 Å². The lowest BCUT2D eigenvalue weighted by Gasteiger charge is -2.28. The third kappa shape index (κ3) is 3.76. The summed E-state index contributed by atoms with van der Waals surface area (Å²) in [5.41, 5.74) is 5.18. The minimum absolute atomic E-state index is 0.160. The lowest BCUT2D eigenvalue weighted by molar-refractivity contribution is -0.143. The number of hydrogen-bond acceptors (Lipinski definition) is 3. The van der Waals surface area contributed by atoms with Gasteiger partial charge in [0.15, 0.2) is 0 Å². The summed E-state index contributed by atoms with van der Waals surface area (Å²) in [4.78, 5) is 14.6. The molecule has 1 aromatic heterocycles. The molecule has 0 unspecified atom stereocenters. The van der Waals surface area contributed by atoms with Gasteiger partial charge in [-0.3, -0.25) is 9.69 Å². The molecule has 1 aliphatic rings. The number of ether oxygens (including phenoxy) is 1. The first-order chi connectivity index (χ1) is 13.3. The number of benzene rings is 2. The highest BCUT2D eigenvalue weighted by Gasteiger charge is 2.24. The van der Waals surface area contributed by atoms with Gasteiger partial charge in [0.05, 0.1) is 6.61 Å². The molecule has 3 aromatic rings. The van der Waals surface area contributed by atoms with E-state index in [1.807, 2.05) is 13.0 Å². The summed E-state index contributed by atoms with van der Waals surface area (Å²) < 4.78 is 7.36. The van der Waals surface area contributed by atoms with E-state index in [9.17, 15) is 4.79 Å². The summed E-state index contributed by atoms with van der Waals surface area (Å²) in [7, 11) is 0. The zero-order valence-electron chi connectivity index (χ0n) is 15.9. The van der Waals surface area contributed by atoms with Crippen LogP contribution in [-0.2, 0) is 35.5 Å². The van der Waals surface area contributed by atoms with Gasteiger partial charge in [0.25, 0.3) is 0 Å². The maximum absolute atomic E-state index is 12.1. The first kappa shape index (κ1) is 17.8. The van der Waals surface area contributed by atoms with Crippen LogP contribution < -0.4 is 0 Å². The van der Waals surface area contributed by atoms with E-state index in [-0.39, 0.29) is 5.97 Å². The van der Waals surface area contributed by atoms with Crippen molar-refractivity contribution in [3.8, 4) is 0 Å². The van der Waals surface area contributed by atoms with Crippen molar-refractivity contribution in [3.63, 3.8) is 0 Å². The molecule has 140 valence electrons. The van der Waals surface area contributed by atoms with Gasteiger partial charge in [-0.05, 0) is 30.5 Å². The zero-order chi connectivity index (χ0) is 18.6. The fraction of sp³-hybridized carbons (Fsp3) is 0.348. The van der Waals surface area contributed by atoms with Crippen molar-refractivity contribution in [2.45, 2.75) is 32.9 Å². The van der Waals surface area contributed by atoms with E-state index in [4.69, 9.17) is 4.74 Å². The normalized spacial score (nSPS) is 14.3. The average Bonchev–Trinajstić information content (AvgIpc) is 3.01. The summed E-state index contributed by atoms with van der Waals surface area (Å²) in [5.74, 6) is -0.160. The molecule has 0 N–H and O–H groups in total. The Hall–Kier alpha value is -2.59. The van der Waals surface area contributed by atoms with Gasteiger partial charge in [-0.2, -0.15) is 0 Å². The molecule has 0 saturated heterocycles. The van der Waals surface area contributed by atoms with Crippen LogP contribution in [0, 0.1) is 0 Å². The largest absolute Gasteiger partial charge is 0.465 e. The van der Waals surface area contributed by atoms with Crippen LogP contribution in [0.5, 0.6) is 0 Å². The van der Waals surface area contributed by atoms with Gasteiger partial charge in [-0.25, -0.2) is 0 Å². The highest BCUT2D eigenvalue weighted by Crippen LogP contribution is 2.31. The topological polar surface area (TPSA) is 34.5 Å². The fourth-order valence-electron chi connectivity index (χ4n) is 4.10. The first-order valence-electron chi connectivity index (χ1n) is 9.77. The van der Waals surface area contributed by atoms with Gasteiger partial charge < -0.3 is 9.30 Å². The highest BCUT2D eigenvalue weighted by molar-refractivity contribution is 5.87. The summed E-state index contributed by atoms with van der Waals surface area (Å²) in [6, 6.07) is 19.1. The second-order valence-electron chi connectivity index (χ2n) is 7.10. The summed E-state index contributed by atoms with van der Waals surface area (Å²) in [5, 5.41) is 1.27. The molecule has 0 spiro atoms. The van der Waals surface area contributed by atoms with Crippen molar-refractivity contribution in [2.75, 3.05) is 19.7 Å². The SMILES string of the molecule is CCOC(=O)Cn1c2c(c3ccccc31)CN(CCc1ccccc1)CC2. The van der Waals surface area contributed by atoms with E-state index in [0.717, 1.165) is 38.0 Å². The molecule has 0 bridgehead atoms. The summed E-state index contributed by atoms with van der Waals surface area (Å²) in [6.07, 6.45) is 2.04. The van der Waals surface area contributed by atoms with E-state index < -0.39 is 0 Å². The van der Waals surface area contributed by atoms with E-state index >= 15 is 0 Å². The molecule has 0 fully saturated rings. The third-order valence-corrected chi connectivity index (χ3v) is 5.39. The van der Waals surface area contributed by atoms with Gasteiger partial charge in [0, 0.05) is 42.7 Å². The van der Waals surface area contributed by atoms with E-state index in [0.29, 0.717) is 13.2 Å². The molecule has 4 nitrogen and oxygen atoms in total. The molecule has 4 rings (SSSR count). The molecule has 1 aliphatic heterocycles. The standard InChI is InChI=1S/C23H26N2O2/c1-2-27-23(26)17-25-21-11-7-6-10-19(21)20-16-24(15-13-22(20)25)14-12-18-8-4-3-5-9-18/h3-11H,2,12-17H2,1H3. The van der Waals surface area contributed by atoms with Gasteiger partial charge in [0.1, 0.15) is 6.54 Å². The van der Waals surface area contributed by atoms with Gasteiger partial charge in [-0.1, -0.05) is 48.5 Å². The van der Waals surface area contributed by atoms with Crippen LogP contribution in [-0.4, -0.2) is 35.1 Å². The number of rotatable bonds is 6. The number of fused-ring (bicyclic) bond motifs is 3. The molecule has 0 saturated carbocycles. The molecule has 0 amide bonds. The van der Waals surface area contributed by atoms with E-state index in [2.05, 4.69) is 58.0 Å². The van der Waals surface area contributed by atoms with Crippen LogP contribution in [0.4, 0.5) is 0 Å². The van der Waals surface area contributed by atoms with Crippen LogP contribution >= 0.6 is 0 Å². The number of para-hydroxylation sites is 1. The van der Waals surface area contributed by atoms with Crippen molar-refractivity contribution in [2.24, 2.45) is 0 Å².